The minimum atomic E-state index is 0.324. The predicted octanol–water partition coefficient (Wildman–Crippen LogP) is 3.31. The smallest absolute Gasteiger partial charge is 0.119 e. The first-order chi connectivity index (χ1) is 7.67. The Kier molecular flexibility index (Phi) is 5.06. The van der Waals surface area contributed by atoms with Crippen LogP contribution in [0.25, 0.3) is 0 Å². The van der Waals surface area contributed by atoms with Crippen molar-refractivity contribution in [2.75, 3.05) is 7.11 Å². The summed E-state index contributed by atoms with van der Waals surface area (Å²) < 4.78 is 5.21. The monoisotopic (exact) mass is 219 g/mol. The van der Waals surface area contributed by atoms with E-state index in [0.29, 0.717) is 12.1 Å². The normalized spacial score (nSPS) is 14.2. The molecule has 1 aromatic carbocycles. The first-order valence-corrected chi connectivity index (χ1v) is 5.68. The molecule has 0 aromatic heterocycles. The van der Waals surface area contributed by atoms with Crippen LogP contribution in [0.3, 0.4) is 0 Å². The molecule has 0 amide bonds. The molecule has 0 bridgehead atoms. The zero-order chi connectivity index (χ0) is 12.0. The number of hydrogen-bond acceptors (Lipinski definition) is 2. The molecule has 0 saturated carbocycles. The molecule has 0 aliphatic heterocycles. The van der Waals surface area contributed by atoms with Crippen LogP contribution in [-0.4, -0.2) is 13.2 Å². The molecule has 0 aliphatic rings. The van der Waals surface area contributed by atoms with Gasteiger partial charge in [-0.2, -0.15) is 0 Å². The van der Waals surface area contributed by atoms with Crippen LogP contribution in [0, 0.1) is 0 Å². The number of ether oxygens (including phenoxy) is 1. The highest BCUT2D eigenvalue weighted by molar-refractivity contribution is 5.30. The summed E-state index contributed by atoms with van der Waals surface area (Å²) in [4.78, 5) is 0. The Hall–Kier alpha value is -1.28. The van der Waals surface area contributed by atoms with Crippen molar-refractivity contribution in [1.82, 2.24) is 5.32 Å². The Morgan fingerprint density at radius 3 is 2.81 bits per heavy atom. The van der Waals surface area contributed by atoms with Gasteiger partial charge in [0.2, 0.25) is 0 Å². The second-order valence-electron chi connectivity index (χ2n) is 4.09. The van der Waals surface area contributed by atoms with E-state index >= 15 is 0 Å². The largest absolute Gasteiger partial charge is 0.497 e. The summed E-state index contributed by atoms with van der Waals surface area (Å²) in [6.45, 7) is 8.07. The third-order valence-corrected chi connectivity index (χ3v) is 2.65. The van der Waals surface area contributed by atoms with Gasteiger partial charge >= 0.3 is 0 Å². The maximum Gasteiger partial charge on any atom is 0.119 e. The van der Waals surface area contributed by atoms with E-state index in [9.17, 15) is 0 Å². The van der Waals surface area contributed by atoms with Crippen LogP contribution in [0.2, 0.25) is 0 Å². The summed E-state index contributed by atoms with van der Waals surface area (Å²) in [6.07, 6.45) is 2.92. The van der Waals surface area contributed by atoms with Crippen LogP contribution in [-0.2, 0) is 0 Å². The maximum absolute atomic E-state index is 5.21. The van der Waals surface area contributed by atoms with Crippen molar-refractivity contribution in [3.8, 4) is 5.75 Å². The molecule has 2 unspecified atom stereocenters. The van der Waals surface area contributed by atoms with Gasteiger partial charge < -0.3 is 10.1 Å². The summed E-state index contributed by atoms with van der Waals surface area (Å²) >= 11 is 0. The highest BCUT2D eigenvalue weighted by atomic mass is 16.5. The van der Waals surface area contributed by atoms with E-state index in [-0.39, 0.29) is 0 Å². The fourth-order valence-electron chi connectivity index (χ4n) is 1.75. The Labute approximate surface area is 98.3 Å². The van der Waals surface area contributed by atoms with Crippen molar-refractivity contribution in [3.05, 3.63) is 42.5 Å². The van der Waals surface area contributed by atoms with Gasteiger partial charge in [-0.3, -0.25) is 0 Å². The van der Waals surface area contributed by atoms with E-state index in [2.05, 4.69) is 37.9 Å². The van der Waals surface area contributed by atoms with E-state index in [4.69, 9.17) is 4.74 Å². The van der Waals surface area contributed by atoms with Gasteiger partial charge in [0.1, 0.15) is 5.75 Å². The molecule has 0 radical (unpaired) electrons. The Bertz CT molecular complexity index is 335. The summed E-state index contributed by atoms with van der Waals surface area (Å²) in [6, 6.07) is 8.93. The summed E-state index contributed by atoms with van der Waals surface area (Å²) in [7, 11) is 1.69. The van der Waals surface area contributed by atoms with Gasteiger partial charge in [0.25, 0.3) is 0 Å². The molecule has 1 aromatic rings. The van der Waals surface area contributed by atoms with E-state index in [1.54, 1.807) is 7.11 Å². The van der Waals surface area contributed by atoms with Crippen LogP contribution in [0.4, 0.5) is 0 Å². The summed E-state index contributed by atoms with van der Waals surface area (Å²) in [5.41, 5.74) is 1.25. The number of nitrogens with one attached hydrogen (secondary N) is 1. The SMILES string of the molecule is C=CCC(C)NC(C)c1cccc(OC)c1. The summed E-state index contributed by atoms with van der Waals surface area (Å²) in [5.74, 6) is 0.905. The van der Waals surface area contributed by atoms with Gasteiger partial charge in [0.15, 0.2) is 0 Å². The van der Waals surface area contributed by atoms with Gasteiger partial charge in [0, 0.05) is 12.1 Å². The third-order valence-electron chi connectivity index (χ3n) is 2.65. The quantitative estimate of drug-likeness (QED) is 0.741. The van der Waals surface area contributed by atoms with Gasteiger partial charge in [-0.15, -0.1) is 6.58 Å². The average Bonchev–Trinajstić information content (AvgIpc) is 2.29. The second-order valence-corrected chi connectivity index (χ2v) is 4.09. The van der Waals surface area contributed by atoms with Crippen LogP contribution in [0.15, 0.2) is 36.9 Å². The highest BCUT2D eigenvalue weighted by Gasteiger charge is 2.08. The number of rotatable bonds is 6. The van der Waals surface area contributed by atoms with Crippen molar-refractivity contribution in [3.63, 3.8) is 0 Å². The van der Waals surface area contributed by atoms with Crippen molar-refractivity contribution in [2.24, 2.45) is 0 Å². The van der Waals surface area contributed by atoms with Crippen molar-refractivity contribution in [1.29, 1.82) is 0 Å². The lowest BCUT2D eigenvalue weighted by molar-refractivity contribution is 0.412. The molecule has 1 N–H and O–H groups in total. The standard InChI is InChI=1S/C14H21NO/c1-5-7-11(2)15-12(3)13-8-6-9-14(10-13)16-4/h5-6,8-12,15H,1,7H2,2-4H3. The van der Waals surface area contributed by atoms with Crippen LogP contribution >= 0.6 is 0 Å². The van der Waals surface area contributed by atoms with E-state index in [1.165, 1.54) is 5.56 Å². The number of hydrogen-bond donors (Lipinski definition) is 1. The Morgan fingerprint density at radius 2 is 2.19 bits per heavy atom. The zero-order valence-electron chi connectivity index (χ0n) is 10.4. The Balaban J connectivity index is 2.64. The average molecular weight is 219 g/mol. The molecule has 2 nitrogen and oxygen atoms in total. The molecule has 16 heavy (non-hydrogen) atoms. The van der Waals surface area contributed by atoms with Crippen molar-refractivity contribution < 1.29 is 4.74 Å². The molecule has 2 atom stereocenters. The maximum atomic E-state index is 5.21. The molecule has 0 fully saturated rings. The topological polar surface area (TPSA) is 21.3 Å². The first kappa shape index (κ1) is 12.8. The molecule has 88 valence electrons. The molecule has 0 heterocycles. The Morgan fingerprint density at radius 1 is 1.44 bits per heavy atom. The molecule has 0 spiro atoms. The molecular formula is C14H21NO. The van der Waals surface area contributed by atoms with Gasteiger partial charge in [-0.25, -0.2) is 0 Å². The predicted molar refractivity (Wildman–Crippen MR) is 68.8 cm³/mol. The minimum Gasteiger partial charge on any atom is -0.497 e. The lowest BCUT2D eigenvalue weighted by Crippen LogP contribution is -2.28. The van der Waals surface area contributed by atoms with Crippen LogP contribution in [0.5, 0.6) is 5.75 Å². The van der Waals surface area contributed by atoms with E-state index < -0.39 is 0 Å². The molecule has 0 saturated heterocycles. The van der Waals surface area contributed by atoms with Crippen molar-refractivity contribution in [2.45, 2.75) is 32.4 Å². The second kappa shape index (κ2) is 6.33. The fourth-order valence-corrected chi connectivity index (χ4v) is 1.75. The van der Waals surface area contributed by atoms with E-state index in [0.717, 1.165) is 12.2 Å². The van der Waals surface area contributed by atoms with E-state index in [1.807, 2.05) is 18.2 Å². The van der Waals surface area contributed by atoms with Crippen molar-refractivity contribution >= 4 is 0 Å². The minimum absolute atomic E-state index is 0.324. The molecule has 0 aliphatic carbocycles. The number of benzene rings is 1. The van der Waals surface area contributed by atoms with Crippen LogP contribution < -0.4 is 10.1 Å². The summed E-state index contributed by atoms with van der Waals surface area (Å²) in [5, 5.41) is 3.52. The molecule has 1 rings (SSSR count). The zero-order valence-corrected chi connectivity index (χ0v) is 10.4. The third kappa shape index (κ3) is 3.70. The molecule has 2 heteroatoms. The number of methoxy groups -OCH3 is 1. The van der Waals surface area contributed by atoms with Gasteiger partial charge in [0.05, 0.1) is 7.11 Å². The molecular weight excluding hydrogens is 198 g/mol. The van der Waals surface area contributed by atoms with Gasteiger partial charge in [-0.1, -0.05) is 18.2 Å². The van der Waals surface area contributed by atoms with Crippen LogP contribution in [0.1, 0.15) is 31.9 Å². The first-order valence-electron chi connectivity index (χ1n) is 5.68. The highest BCUT2D eigenvalue weighted by Crippen LogP contribution is 2.19. The van der Waals surface area contributed by atoms with Gasteiger partial charge in [-0.05, 0) is 38.0 Å². The fraction of sp³-hybridized carbons (Fsp3) is 0.429. The lowest BCUT2D eigenvalue weighted by Gasteiger charge is -2.19. The lowest BCUT2D eigenvalue weighted by atomic mass is 10.1.